The average Bonchev–Trinajstić information content (AvgIpc) is 2.59. The van der Waals surface area contributed by atoms with Gasteiger partial charge in [-0.05, 0) is 30.9 Å². The number of nitrogens with zero attached hydrogens (tertiary/aromatic N) is 1. The first-order valence-corrected chi connectivity index (χ1v) is 7.84. The van der Waals surface area contributed by atoms with Crippen LogP contribution in [0.2, 0.25) is 0 Å². The van der Waals surface area contributed by atoms with Gasteiger partial charge in [0.15, 0.2) is 0 Å². The van der Waals surface area contributed by atoms with Gasteiger partial charge < -0.3 is 15.3 Å². The number of hydrogen-bond donors (Lipinski definition) is 2. The van der Waals surface area contributed by atoms with E-state index in [1.54, 1.807) is 17.0 Å². The summed E-state index contributed by atoms with van der Waals surface area (Å²) in [6.45, 7) is 3.58. The topological polar surface area (TPSA) is 69.6 Å². The van der Waals surface area contributed by atoms with Crippen molar-refractivity contribution in [2.24, 2.45) is 11.8 Å². The SMILES string of the molecule is CC(CO)CNC(=O)C1CCCN(C(=O)c2ccccc2)C1. The van der Waals surface area contributed by atoms with Crippen LogP contribution in [0.15, 0.2) is 30.3 Å². The minimum Gasteiger partial charge on any atom is -0.396 e. The normalized spacial score (nSPS) is 19.5. The van der Waals surface area contributed by atoms with Crippen molar-refractivity contribution >= 4 is 11.8 Å². The average molecular weight is 304 g/mol. The molecule has 0 aliphatic carbocycles. The molecule has 1 aromatic carbocycles. The Morgan fingerprint density at radius 3 is 2.77 bits per heavy atom. The highest BCUT2D eigenvalue weighted by Crippen LogP contribution is 2.19. The van der Waals surface area contributed by atoms with Gasteiger partial charge in [-0.25, -0.2) is 0 Å². The lowest BCUT2D eigenvalue weighted by atomic mass is 9.96. The van der Waals surface area contributed by atoms with Crippen LogP contribution in [0.4, 0.5) is 0 Å². The van der Waals surface area contributed by atoms with Gasteiger partial charge in [-0.3, -0.25) is 9.59 Å². The van der Waals surface area contributed by atoms with E-state index in [0.717, 1.165) is 12.8 Å². The first-order valence-electron chi connectivity index (χ1n) is 7.84. The van der Waals surface area contributed by atoms with E-state index < -0.39 is 0 Å². The van der Waals surface area contributed by atoms with Crippen molar-refractivity contribution in [3.05, 3.63) is 35.9 Å². The van der Waals surface area contributed by atoms with Gasteiger partial charge in [0.25, 0.3) is 5.91 Å². The van der Waals surface area contributed by atoms with Crippen LogP contribution in [0.3, 0.4) is 0 Å². The van der Waals surface area contributed by atoms with Gasteiger partial charge >= 0.3 is 0 Å². The summed E-state index contributed by atoms with van der Waals surface area (Å²) in [5.74, 6) is -0.144. The number of hydrogen-bond acceptors (Lipinski definition) is 3. The number of carbonyl (C=O) groups excluding carboxylic acids is 2. The monoisotopic (exact) mass is 304 g/mol. The van der Waals surface area contributed by atoms with Gasteiger partial charge in [0, 0.05) is 31.8 Å². The molecule has 0 spiro atoms. The summed E-state index contributed by atoms with van der Waals surface area (Å²) in [6.07, 6.45) is 1.64. The van der Waals surface area contributed by atoms with E-state index in [1.807, 2.05) is 25.1 Å². The molecule has 2 atom stereocenters. The summed E-state index contributed by atoms with van der Waals surface area (Å²) < 4.78 is 0. The predicted octanol–water partition coefficient (Wildman–Crippen LogP) is 1.28. The molecule has 120 valence electrons. The Balaban J connectivity index is 1.91. The largest absolute Gasteiger partial charge is 0.396 e. The summed E-state index contributed by atoms with van der Waals surface area (Å²) in [4.78, 5) is 26.4. The molecule has 0 aromatic heterocycles. The standard InChI is InChI=1S/C17H24N2O3/c1-13(12-20)10-18-16(21)15-8-5-9-19(11-15)17(22)14-6-3-2-4-7-14/h2-4,6-7,13,15,20H,5,8-12H2,1H3,(H,18,21). The number of piperidine rings is 1. The number of aliphatic hydroxyl groups excluding tert-OH is 1. The number of rotatable bonds is 5. The number of likely N-dealkylation sites (tertiary alicyclic amines) is 1. The number of benzene rings is 1. The maximum atomic E-state index is 12.4. The predicted molar refractivity (Wildman–Crippen MR) is 84.3 cm³/mol. The van der Waals surface area contributed by atoms with Gasteiger partial charge in [0.05, 0.1) is 5.92 Å². The van der Waals surface area contributed by atoms with Crippen LogP contribution in [0.25, 0.3) is 0 Å². The van der Waals surface area contributed by atoms with Gasteiger partial charge in [-0.1, -0.05) is 25.1 Å². The summed E-state index contributed by atoms with van der Waals surface area (Å²) in [7, 11) is 0. The van der Waals surface area contributed by atoms with Crippen molar-refractivity contribution in [3.8, 4) is 0 Å². The van der Waals surface area contributed by atoms with Crippen LogP contribution >= 0.6 is 0 Å². The third-order valence-electron chi connectivity index (χ3n) is 4.04. The second kappa shape index (κ2) is 7.94. The van der Waals surface area contributed by atoms with Crippen LogP contribution in [0, 0.1) is 11.8 Å². The van der Waals surface area contributed by atoms with Crippen molar-refractivity contribution in [1.29, 1.82) is 0 Å². The zero-order chi connectivity index (χ0) is 15.9. The minimum absolute atomic E-state index is 0.0122. The van der Waals surface area contributed by atoms with Gasteiger partial charge in [-0.15, -0.1) is 0 Å². The first-order chi connectivity index (χ1) is 10.6. The molecule has 1 saturated heterocycles. The maximum Gasteiger partial charge on any atom is 0.253 e. The fourth-order valence-corrected chi connectivity index (χ4v) is 2.62. The molecule has 0 saturated carbocycles. The lowest BCUT2D eigenvalue weighted by molar-refractivity contribution is -0.126. The maximum absolute atomic E-state index is 12.4. The molecular weight excluding hydrogens is 280 g/mol. The minimum atomic E-state index is -0.160. The molecule has 1 aromatic rings. The number of carbonyl (C=O) groups is 2. The van der Waals surface area contributed by atoms with E-state index in [4.69, 9.17) is 5.11 Å². The van der Waals surface area contributed by atoms with Gasteiger partial charge in [0.2, 0.25) is 5.91 Å². The highest BCUT2D eigenvalue weighted by molar-refractivity contribution is 5.94. The Hall–Kier alpha value is -1.88. The molecule has 5 heteroatoms. The summed E-state index contributed by atoms with van der Waals surface area (Å²) >= 11 is 0. The second-order valence-corrected chi connectivity index (χ2v) is 5.99. The zero-order valence-electron chi connectivity index (χ0n) is 13.0. The van der Waals surface area contributed by atoms with Crippen LogP contribution in [-0.2, 0) is 4.79 Å². The van der Waals surface area contributed by atoms with E-state index in [1.165, 1.54) is 0 Å². The van der Waals surface area contributed by atoms with Gasteiger partial charge in [-0.2, -0.15) is 0 Å². The molecule has 1 heterocycles. The third-order valence-corrected chi connectivity index (χ3v) is 4.04. The molecule has 5 nitrogen and oxygen atoms in total. The fraction of sp³-hybridized carbons (Fsp3) is 0.529. The van der Waals surface area contributed by atoms with E-state index in [2.05, 4.69) is 5.32 Å². The Morgan fingerprint density at radius 1 is 1.36 bits per heavy atom. The lowest BCUT2D eigenvalue weighted by Gasteiger charge is -2.32. The molecule has 0 bridgehead atoms. The molecule has 1 aliphatic heterocycles. The van der Waals surface area contributed by atoms with Crippen LogP contribution < -0.4 is 5.32 Å². The molecule has 0 radical (unpaired) electrons. The molecule has 22 heavy (non-hydrogen) atoms. The van der Waals surface area contributed by atoms with Crippen LogP contribution in [0.1, 0.15) is 30.1 Å². The molecule has 2 N–H and O–H groups in total. The molecular formula is C17H24N2O3. The fourth-order valence-electron chi connectivity index (χ4n) is 2.62. The van der Waals surface area contributed by atoms with Crippen molar-refractivity contribution in [2.45, 2.75) is 19.8 Å². The van der Waals surface area contributed by atoms with E-state index in [-0.39, 0.29) is 30.3 Å². The Morgan fingerprint density at radius 2 is 2.09 bits per heavy atom. The number of aliphatic hydroxyl groups is 1. The van der Waals surface area contributed by atoms with Crippen LogP contribution in [0.5, 0.6) is 0 Å². The van der Waals surface area contributed by atoms with E-state index in [0.29, 0.717) is 25.2 Å². The second-order valence-electron chi connectivity index (χ2n) is 5.99. The molecule has 1 fully saturated rings. The van der Waals surface area contributed by atoms with Crippen LogP contribution in [-0.4, -0.2) is 48.1 Å². The first kappa shape index (κ1) is 16.5. The molecule has 1 aliphatic rings. The zero-order valence-corrected chi connectivity index (χ0v) is 13.0. The highest BCUT2D eigenvalue weighted by atomic mass is 16.3. The molecule has 2 rings (SSSR count). The van der Waals surface area contributed by atoms with E-state index in [9.17, 15) is 9.59 Å². The summed E-state index contributed by atoms with van der Waals surface area (Å²) in [6, 6.07) is 9.17. The van der Waals surface area contributed by atoms with Crippen molar-refractivity contribution in [3.63, 3.8) is 0 Å². The van der Waals surface area contributed by atoms with Crippen molar-refractivity contribution in [2.75, 3.05) is 26.2 Å². The Kier molecular flexibility index (Phi) is 5.95. The Labute approximate surface area is 131 Å². The molecule has 2 amide bonds. The summed E-state index contributed by atoms with van der Waals surface area (Å²) in [5.41, 5.74) is 0.664. The number of amides is 2. The number of nitrogens with one attached hydrogen (secondary N) is 1. The van der Waals surface area contributed by atoms with Gasteiger partial charge in [0.1, 0.15) is 0 Å². The quantitative estimate of drug-likeness (QED) is 0.861. The van der Waals surface area contributed by atoms with Crippen molar-refractivity contribution in [1.82, 2.24) is 10.2 Å². The lowest BCUT2D eigenvalue weighted by Crippen LogP contribution is -2.46. The highest BCUT2D eigenvalue weighted by Gasteiger charge is 2.28. The Bertz CT molecular complexity index is 504. The smallest absolute Gasteiger partial charge is 0.253 e. The van der Waals surface area contributed by atoms with E-state index >= 15 is 0 Å². The van der Waals surface area contributed by atoms with Crippen molar-refractivity contribution < 1.29 is 14.7 Å². The third kappa shape index (κ3) is 4.31. The molecule has 2 unspecified atom stereocenters. The summed E-state index contributed by atoms with van der Waals surface area (Å²) in [5, 5.41) is 11.9.